The first kappa shape index (κ1) is 53.8. The molecular weight excluding hydrogens is 893 g/mol. The van der Waals surface area contributed by atoms with Crippen molar-refractivity contribution in [2.75, 3.05) is 17.2 Å². The van der Waals surface area contributed by atoms with Crippen molar-refractivity contribution in [2.24, 2.45) is 34.1 Å². The van der Waals surface area contributed by atoms with Crippen LogP contribution in [0.4, 0.5) is 22.7 Å². The number of hydrogen-bond acceptors (Lipinski definition) is 17. The maximum Gasteiger partial charge on any atom is 0.299 e. The van der Waals surface area contributed by atoms with Gasteiger partial charge in [-0.3, -0.25) is 70.6 Å². The maximum absolute atomic E-state index is 14.1. The van der Waals surface area contributed by atoms with Gasteiger partial charge in [-0.1, -0.05) is 51.1 Å². The standard InChI is InChI=1S/C34H52N22O11/c1-34(2,3)9-10-54(16-11-14(35)15(55(64)65)12-17(16)56(66)67)29(63)28(62)45-18(13-7-5-4-6-8-13)24(58)47-21(51-31(39)40)26(60)49-23(53-33(43)44)27(61)48-22(52-32(41)42)25(59)46-20(19(36)57)50-30(37)38/h4-8,11-12,18,20-23,29,63H,9-10,35H2,1-3H3,(H2,36,57)(H,45,62)(H,46,59)(H,47,58)(H,48,61)(H,49,60)(H4,37,38,50)(H4,39,40,51)(H4,41,42,52)(H4,43,44,53). The Morgan fingerprint density at radius 3 is 1.42 bits per heavy atom. The monoisotopic (exact) mass is 944 g/mol. The zero-order chi connectivity index (χ0) is 51.1. The van der Waals surface area contributed by atoms with Gasteiger partial charge in [-0.25, -0.2) is 0 Å². The van der Waals surface area contributed by atoms with Gasteiger partial charge >= 0.3 is 0 Å². The molecule has 0 aliphatic carbocycles. The third-order valence-corrected chi connectivity index (χ3v) is 8.56. The van der Waals surface area contributed by atoms with Gasteiger partial charge in [-0.05, 0) is 23.5 Å². The van der Waals surface area contributed by atoms with Gasteiger partial charge < -0.3 is 92.3 Å². The molecule has 0 spiro atoms. The molecule has 0 fully saturated rings. The minimum Gasteiger partial charge on any atom is -0.393 e. The van der Waals surface area contributed by atoms with E-state index in [1.807, 2.05) is 26.6 Å². The summed E-state index contributed by atoms with van der Waals surface area (Å²) in [5.41, 5.74) is 29.2. The summed E-state index contributed by atoms with van der Waals surface area (Å²) in [5, 5.41) is 84.3. The van der Waals surface area contributed by atoms with Gasteiger partial charge in [0.05, 0.1) is 15.9 Å². The SMILES string of the molecule is CC(C)(C)CCN(c1cc(N)c([N+](=O)[O-])cc1[N+](=O)[O-])C(O)C(=O)NC(C(=O)NC(NC(=N)N)C(=O)NC(NC(=N)N)C(=O)NC(NC(=N)N)C(=O)NC(NC(=N)N)C(N)=O)c1ccccc1. The molecule has 67 heavy (non-hydrogen) atoms. The number of nitrogens with two attached hydrogens (primary N) is 6. The van der Waals surface area contributed by atoms with Gasteiger partial charge in [-0.15, -0.1) is 0 Å². The lowest BCUT2D eigenvalue weighted by Crippen LogP contribution is -2.68. The third-order valence-electron chi connectivity index (χ3n) is 8.56. The highest BCUT2D eigenvalue weighted by Crippen LogP contribution is 2.38. The summed E-state index contributed by atoms with van der Waals surface area (Å²) < 4.78 is 0. The summed E-state index contributed by atoms with van der Waals surface area (Å²) in [6.45, 7) is 5.05. The van der Waals surface area contributed by atoms with Crippen molar-refractivity contribution < 1.29 is 43.7 Å². The Labute approximate surface area is 378 Å². The minimum absolute atomic E-state index is 0.00389. The maximum atomic E-state index is 14.1. The molecule has 0 bridgehead atoms. The lowest BCUT2D eigenvalue weighted by molar-refractivity contribution is -0.393. The Morgan fingerprint density at radius 2 is 1.03 bits per heavy atom. The average molecular weight is 945 g/mol. The Kier molecular flexibility index (Phi) is 18.8. The topological polar surface area (TPSA) is 572 Å². The normalized spacial score (nSPS) is 13.4. The van der Waals surface area contributed by atoms with Crippen LogP contribution < -0.4 is 87.2 Å². The first-order chi connectivity index (χ1) is 31.0. The van der Waals surface area contributed by atoms with Crippen LogP contribution in [0.25, 0.3) is 0 Å². The number of carbonyl (C=O) groups excluding carboxylic acids is 6. The number of guanidine groups is 4. The van der Waals surface area contributed by atoms with Crippen LogP contribution >= 0.6 is 0 Å². The van der Waals surface area contributed by atoms with E-state index in [1.165, 1.54) is 30.3 Å². The van der Waals surface area contributed by atoms with E-state index >= 15 is 0 Å². The molecule has 0 saturated heterocycles. The van der Waals surface area contributed by atoms with Crippen LogP contribution in [0.2, 0.25) is 0 Å². The molecule has 364 valence electrons. The molecule has 2 aromatic carbocycles. The lowest BCUT2D eigenvalue weighted by atomic mass is 9.92. The Bertz CT molecular complexity index is 2270. The van der Waals surface area contributed by atoms with Gasteiger partial charge in [0.15, 0.2) is 48.5 Å². The Balaban J connectivity index is 2.55. The predicted octanol–water partition coefficient (Wildman–Crippen LogP) is -6.31. The number of nitrogens with one attached hydrogen (secondary N) is 13. The summed E-state index contributed by atoms with van der Waals surface area (Å²) in [6, 6.07) is 6.63. The second-order valence-electron chi connectivity index (χ2n) is 15.0. The molecule has 0 aromatic heterocycles. The predicted molar refractivity (Wildman–Crippen MR) is 236 cm³/mol. The number of nitrogen functional groups attached to an aromatic ring is 1. The molecule has 2 rings (SSSR count). The zero-order valence-corrected chi connectivity index (χ0v) is 35.8. The molecule has 33 nitrogen and oxygen atoms in total. The van der Waals surface area contributed by atoms with Crippen LogP contribution in [-0.4, -0.2) is 112 Å². The minimum atomic E-state index is -2.36. The fourth-order valence-electron chi connectivity index (χ4n) is 5.46. The molecular formula is C34H52N22O11. The molecule has 6 amide bonds. The number of rotatable bonds is 22. The number of aliphatic hydroxyl groups excluding tert-OH is 1. The molecule has 0 saturated carbocycles. The van der Waals surface area contributed by atoms with E-state index in [-0.39, 0.29) is 18.5 Å². The fraction of sp³-hybridized carbons (Fsp3) is 0.353. The second-order valence-corrected chi connectivity index (χ2v) is 15.0. The highest BCUT2D eigenvalue weighted by Gasteiger charge is 2.37. The highest BCUT2D eigenvalue weighted by molar-refractivity contribution is 6.00. The van der Waals surface area contributed by atoms with Crippen molar-refractivity contribution in [1.29, 1.82) is 21.6 Å². The van der Waals surface area contributed by atoms with Crippen molar-refractivity contribution in [3.8, 4) is 0 Å². The Hall–Kier alpha value is -9.30. The molecule has 26 N–H and O–H groups in total. The summed E-state index contributed by atoms with van der Waals surface area (Å²) in [5.74, 6) is -11.7. The molecule has 0 aliphatic heterocycles. The van der Waals surface area contributed by atoms with E-state index in [0.29, 0.717) is 6.07 Å². The smallest absolute Gasteiger partial charge is 0.299 e. The van der Waals surface area contributed by atoms with Crippen LogP contribution in [0.15, 0.2) is 42.5 Å². The average Bonchev–Trinajstić information content (AvgIpc) is 3.20. The van der Waals surface area contributed by atoms with Crippen molar-refractivity contribution in [3.05, 3.63) is 68.3 Å². The zero-order valence-electron chi connectivity index (χ0n) is 35.8. The van der Waals surface area contributed by atoms with Crippen LogP contribution in [0.5, 0.6) is 0 Å². The van der Waals surface area contributed by atoms with Crippen molar-refractivity contribution in [3.63, 3.8) is 0 Å². The van der Waals surface area contributed by atoms with E-state index in [2.05, 4.69) is 21.3 Å². The summed E-state index contributed by atoms with van der Waals surface area (Å²) in [4.78, 5) is 103. The molecule has 0 radical (unpaired) electrons. The quantitative estimate of drug-likeness (QED) is 0.0130. The van der Waals surface area contributed by atoms with Crippen molar-refractivity contribution in [1.82, 2.24) is 47.9 Å². The molecule has 0 heterocycles. The first-order valence-corrected chi connectivity index (χ1v) is 19.0. The number of aliphatic hydroxyl groups is 1. The number of anilines is 2. The summed E-state index contributed by atoms with van der Waals surface area (Å²) in [6.07, 6.45) is -10.4. The van der Waals surface area contributed by atoms with Crippen molar-refractivity contribution >= 4 is 82.0 Å². The lowest BCUT2D eigenvalue weighted by Gasteiger charge is -2.32. The number of amides is 6. The van der Waals surface area contributed by atoms with Gasteiger partial charge in [0.25, 0.3) is 40.9 Å². The van der Waals surface area contributed by atoms with Crippen LogP contribution in [0, 0.1) is 47.3 Å². The first-order valence-electron chi connectivity index (χ1n) is 19.0. The van der Waals surface area contributed by atoms with Gasteiger partial charge in [0.1, 0.15) is 17.4 Å². The molecule has 0 aliphatic rings. The molecule has 6 unspecified atom stereocenters. The number of carbonyl (C=O) groups is 6. The Morgan fingerprint density at radius 1 is 0.627 bits per heavy atom. The molecule has 33 heteroatoms. The second kappa shape index (κ2) is 23.4. The number of primary amides is 1. The van der Waals surface area contributed by atoms with Crippen LogP contribution in [-0.2, 0) is 28.8 Å². The molecule has 6 atom stereocenters. The number of nitro benzene ring substituents is 2. The summed E-state index contributed by atoms with van der Waals surface area (Å²) in [7, 11) is 0. The number of nitro groups is 2. The number of hydrogen-bond donors (Lipinski definition) is 20. The van der Waals surface area contributed by atoms with Crippen LogP contribution in [0.3, 0.4) is 0 Å². The number of benzene rings is 2. The highest BCUT2D eigenvalue weighted by atomic mass is 16.6. The van der Waals surface area contributed by atoms with Crippen molar-refractivity contribution in [2.45, 2.75) is 64.1 Å². The van der Waals surface area contributed by atoms with Gasteiger partial charge in [0, 0.05) is 6.54 Å². The van der Waals surface area contributed by atoms with E-state index in [9.17, 15) is 54.1 Å². The summed E-state index contributed by atoms with van der Waals surface area (Å²) >= 11 is 0. The van der Waals surface area contributed by atoms with Gasteiger partial charge in [-0.2, -0.15) is 0 Å². The molecule has 2 aromatic rings. The third kappa shape index (κ3) is 16.7. The van der Waals surface area contributed by atoms with Gasteiger partial charge in [0.2, 0.25) is 12.1 Å². The van der Waals surface area contributed by atoms with E-state index in [4.69, 9.17) is 56.0 Å². The fourth-order valence-corrected chi connectivity index (χ4v) is 5.46. The van der Waals surface area contributed by atoms with E-state index in [1.54, 1.807) is 20.8 Å². The van der Waals surface area contributed by atoms with Crippen LogP contribution in [0.1, 0.15) is 38.8 Å². The van der Waals surface area contributed by atoms with E-state index < -0.39 is 134 Å². The number of nitrogens with zero attached hydrogens (tertiary/aromatic N) is 3. The largest absolute Gasteiger partial charge is 0.393 e. The van der Waals surface area contributed by atoms with E-state index in [0.717, 1.165) is 11.0 Å².